The Kier molecular flexibility index (Phi) is 6.99. The highest BCUT2D eigenvalue weighted by Crippen LogP contribution is 2.44. The average molecular weight is 518 g/mol. The van der Waals surface area contributed by atoms with E-state index >= 15 is 0 Å². The number of nitrogens with zero attached hydrogens (tertiary/aromatic N) is 6. The Morgan fingerprint density at radius 3 is 2.74 bits per heavy atom. The summed E-state index contributed by atoms with van der Waals surface area (Å²) in [4.78, 5) is 25.6. The first kappa shape index (κ1) is 24.8. The maximum Gasteiger partial charge on any atom is 0.224 e. The van der Waals surface area contributed by atoms with Gasteiger partial charge in [-0.3, -0.25) is 9.48 Å². The molecule has 2 aromatic heterocycles. The second kappa shape index (κ2) is 10.7. The number of morpholine rings is 1. The van der Waals surface area contributed by atoms with Gasteiger partial charge in [-0.1, -0.05) is 0 Å². The molecule has 0 saturated carbocycles. The molecule has 5 heterocycles. The molecule has 1 atom stereocenters. The van der Waals surface area contributed by atoms with Crippen molar-refractivity contribution in [1.29, 1.82) is 0 Å². The fourth-order valence-electron chi connectivity index (χ4n) is 5.83. The van der Waals surface area contributed by atoms with Gasteiger partial charge in [-0.2, -0.15) is 5.10 Å². The van der Waals surface area contributed by atoms with Crippen molar-refractivity contribution in [2.24, 2.45) is 0 Å². The minimum absolute atomic E-state index is 0.0347. The molecule has 200 valence electrons. The molecular weight excluding hydrogens is 482 g/mol. The number of amides is 1. The molecule has 3 aromatic rings. The monoisotopic (exact) mass is 517 g/mol. The van der Waals surface area contributed by atoms with Gasteiger partial charge in [0.25, 0.3) is 0 Å². The first-order valence-corrected chi connectivity index (χ1v) is 13.6. The third kappa shape index (κ3) is 4.86. The van der Waals surface area contributed by atoms with E-state index in [1.807, 2.05) is 17.2 Å². The zero-order valence-electron chi connectivity index (χ0n) is 22.1. The minimum atomic E-state index is 0.0347. The van der Waals surface area contributed by atoms with E-state index in [2.05, 4.69) is 50.1 Å². The molecule has 10 nitrogen and oxygen atoms in total. The summed E-state index contributed by atoms with van der Waals surface area (Å²) in [5.74, 6) is 2.07. The van der Waals surface area contributed by atoms with Crippen molar-refractivity contribution < 1.29 is 14.3 Å². The molecule has 0 unspecified atom stereocenters. The van der Waals surface area contributed by atoms with Crippen LogP contribution in [0.25, 0.3) is 11.1 Å². The lowest BCUT2D eigenvalue weighted by molar-refractivity contribution is -0.117. The third-order valence-corrected chi connectivity index (χ3v) is 7.85. The summed E-state index contributed by atoms with van der Waals surface area (Å²) < 4.78 is 14.2. The first-order chi connectivity index (χ1) is 18.6. The highest BCUT2D eigenvalue weighted by molar-refractivity contribution is 5.95. The minimum Gasteiger partial charge on any atom is -0.438 e. The zero-order chi connectivity index (χ0) is 26.1. The van der Waals surface area contributed by atoms with Crippen LogP contribution in [0.5, 0.6) is 11.6 Å². The lowest BCUT2D eigenvalue weighted by Gasteiger charge is -2.35. The number of carbonyl (C=O) groups is 1. The molecule has 3 aliphatic heterocycles. The molecule has 3 aliphatic rings. The van der Waals surface area contributed by atoms with Crippen molar-refractivity contribution in [2.75, 3.05) is 49.2 Å². The summed E-state index contributed by atoms with van der Waals surface area (Å²) in [7, 11) is 0. The highest BCUT2D eigenvalue weighted by Gasteiger charge is 2.31. The second-order valence-corrected chi connectivity index (χ2v) is 10.3. The first-order valence-electron chi connectivity index (χ1n) is 13.6. The molecule has 10 heteroatoms. The van der Waals surface area contributed by atoms with E-state index < -0.39 is 0 Å². The van der Waals surface area contributed by atoms with E-state index in [0.29, 0.717) is 25.1 Å². The number of carbonyl (C=O) groups excluding carboxylic acids is 1. The standard InChI is InChI=1S/C28H35N7O3/c1-19-3-4-24-25(35(19)20(2)36)6-5-23(21-16-32-34(17-21)22-7-9-29-10-8-22)28(24)38-27-15-26(30-18-31-27)33-11-13-37-14-12-33/h5-6,15-19,22,29H,3-4,7-14H2,1-2H3/t19-/m0/s1. The van der Waals surface area contributed by atoms with Gasteiger partial charge >= 0.3 is 0 Å². The molecule has 0 aliphatic carbocycles. The summed E-state index contributed by atoms with van der Waals surface area (Å²) in [6, 6.07) is 6.51. The quantitative estimate of drug-likeness (QED) is 0.549. The molecule has 38 heavy (non-hydrogen) atoms. The number of hydrogen-bond donors (Lipinski definition) is 1. The number of rotatable bonds is 5. The van der Waals surface area contributed by atoms with Crippen LogP contribution in [0.15, 0.2) is 36.9 Å². The molecular formula is C28H35N7O3. The number of hydrogen-bond acceptors (Lipinski definition) is 8. The van der Waals surface area contributed by atoms with Gasteiger partial charge in [0.1, 0.15) is 17.9 Å². The Balaban J connectivity index is 1.40. The van der Waals surface area contributed by atoms with E-state index in [4.69, 9.17) is 14.6 Å². The topological polar surface area (TPSA) is 97.6 Å². The Morgan fingerprint density at radius 2 is 1.95 bits per heavy atom. The van der Waals surface area contributed by atoms with E-state index in [1.54, 1.807) is 13.3 Å². The van der Waals surface area contributed by atoms with Gasteiger partial charge in [0, 0.05) is 55.0 Å². The van der Waals surface area contributed by atoms with Crippen molar-refractivity contribution in [3.8, 4) is 22.8 Å². The maximum absolute atomic E-state index is 12.6. The summed E-state index contributed by atoms with van der Waals surface area (Å²) in [5, 5.41) is 8.15. The molecule has 1 amide bonds. The van der Waals surface area contributed by atoms with Gasteiger partial charge in [0.15, 0.2) is 0 Å². The van der Waals surface area contributed by atoms with Gasteiger partial charge in [0.2, 0.25) is 11.8 Å². The van der Waals surface area contributed by atoms with Crippen LogP contribution in [0.4, 0.5) is 11.5 Å². The van der Waals surface area contributed by atoms with Gasteiger partial charge in [-0.15, -0.1) is 0 Å². The number of ether oxygens (including phenoxy) is 2. The van der Waals surface area contributed by atoms with Crippen LogP contribution in [0.3, 0.4) is 0 Å². The van der Waals surface area contributed by atoms with E-state index in [0.717, 1.165) is 85.8 Å². The van der Waals surface area contributed by atoms with E-state index in [9.17, 15) is 4.79 Å². The predicted molar refractivity (Wildman–Crippen MR) is 145 cm³/mol. The number of aromatic nitrogens is 4. The van der Waals surface area contributed by atoms with Crippen LogP contribution in [-0.4, -0.2) is 71.1 Å². The highest BCUT2D eigenvalue weighted by atomic mass is 16.5. The van der Waals surface area contributed by atoms with Crippen LogP contribution < -0.4 is 19.9 Å². The average Bonchev–Trinajstić information content (AvgIpc) is 3.44. The molecule has 2 saturated heterocycles. The van der Waals surface area contributed by atoms with E-state index in [1.165, 1.54) is 0 Å². The number of benzene rings is 1. The summed E-state index contributed by atoms with van der Waals surface area (Å²) >= 11 is 0. The third-order valence-electron chi connectivity index (χ3n) is 7.85. The van der Waals surface area contributed by atoms with Gasteiger partial charge in [-0.05, 0) is 57.8 Å². The Labute approximate surface area is 223 Å². The number of fused-ring (bicyclic) bond motifs is 1. The fourth-order valence-corrected chi connectivity index (χ4v) is 5.83. The van der Waals surface area contributed by atoms with Crippen LogP contribution in [0, 0.1) is 0 Å². The van der Waals surface area contributed by atoms with Crippen molar-refractivity contribution in [2.45, 2.75) is 51.6 Å². The summed E-state index contributed by atoms with van der Waals surface area (Å²) in [6.07, 6.45) is 9.39. The van der Waals surface area contributed by atoms with Crippen molar-refractivity contribution >= 4 is 17.4 Å². The molecule has 0 bridgehead atoms. The number of nitrogens with one attached hydrogen (secondary N) is 1. The maximum atomic E-state index is 12.6. The van der Waals surface area contributed by atoms with Crippen molar-refractivity contribution in [3.05, 3.63) is 42.5 Å². The van der Waals surface area contributed by atoms with E-state index in [-0.39, 0.29) is 11.9 Å². The number of anilines is 2. The van der Waals surface area contributed by atoms with Crippen molar-refractivity contribution in [1.82, 2.24) is 25.1 Å². The SMILES string of the molecule is CC(=O)N1c2ccc(-c3cnn(C4CCNCC4)c3)c(Oc3cc(N4CCOCC4)ncn3)c2CC[C@@H]1C. The molecule has 1 N–H and O–H groups in total. The Hall–Kier alpha value is -3.50. The molecule has 0 radical (unpaired) electrons. The molecule has 2 fully saturated rings. The van der Waals surface area contributed by atoms with Crippen molar-refractivity contribution in [3.63, 3.8) is 0 Å². The Bertz CT molecular complexity index is 1300. The van der Waals surface area contributed by atoms with Crippen LogP contribution in [0.1, 0.15) is 44.7 Å². The van der Waals surface area contributed by atoms with Gasteiger partial charge in [-0.25, -0.2) is 9.97 Å². The normalized spacial score (nSPS) is 20.3. The fraction of sp³-hybridized carbons (Fsp3) is 0.500. The molecule has 1 aromatic carbocycles. The molecule has 6 rings (SSSR count). The molecule has 0 spiro atoms. The van der Waals surface area contributed by atoms with Gasteiger partial charge < -0.3 is 24.6 Å². The zero-order valence-corrected chi connectivity index (χ0v) is 22.1. The van der Waals surface area contributed by atoms with Crippen LogP contribution in [-0.2, 0) is 16.0 Å². The Morgan fingerprint density at radius 1 is 1.13 bits per heavy atom. The van der Waals surface area contributed by atoms with Gasteiger partial charge in [0.05, 0.1) is 31.1 Å². The summed E-state index contributed by atoms with van der Waals surface area (Å²) in [6.45, 7) is 8.65. The predicted octanol–water partition coefficient (Wildman–Crippen LogP) is 3.58. The smallest absolute Gasteiger partial charge is 0.224 e. The van der Waals surface area contributed by atoms with Crippen LogP contribution >= 0.6 is 0 Å². The second-order valence-electron chi connectivity index (χ2n) is 10.3. The number of piperidine rings is 1. The largest absolute Gasteiger partial charge is 0.438 e. The summed E-state index contributed by atoms with van der Waals surface area (Å²) in [5.41, 5.74) is 3.88. The lowest BCUT2D eigenvalue weighted by atomic mass is 9.92. The lowest BCUT2D eigenvalue weighted by Crippen LogP contribution is -2.40. The van der Waals surface area contributed by atoms with Crippen LogP contribution in [0.2, 0.25) is 0 Å².